The van der Waals surface area contributed by atoms with Crippen molar-refractivity contribution in [1.29, 1.82) is 0 Å². The van der Waals surface area contributed by atoms with Gasteiger partial charge in [0.15, 0.2) is 0 Å². The van der Waals surface area contributed by atoms with E-state index >= 15 is 0 Å². The molecule has 1 aromatic rings. The summed E-state index contributed by atoms with van der Waals surface area (Å²) in [6.45, 7) is 2.52. The molecule has 2 N–H and O–H groups in total. The fourth-order valence-corrected chi connectivity index (χ4v) is 3.51. The number of amides is 2. The van der Waals surface area contributed by atoms with Gasteiger partial charge in [-0.1, -0.05) is 43.2 Å². The number of nitrogens with zero attached hydrogens (tertiary/aromatic N) is 1. The van der Waals surface area contributed by atoms with Crippen LogP contribution in [0.1, 0.15) is 37.3 Å². The minimum atomic E-state index is -0.496. The fraction of sp³-hybridized carbons (Fsp3) is 0.474. The van der Waals surface area contributed by atoms with Crippen LogP contribution in [0.2, 0.25) is 0 Å². The molecule has 6 heteroatoms. The van der Waals surface area contributed by atoms with Gasteiger partial charge in [0, 0.05) is 12.2 Å². The molecule has 2 aliphatic rings. The summed E-state index contributed by atoms with van der Waals surface area (Å²) < 4.78 is 5.01. The van der Waals surface area contributed by atoms with Gasteiger partial charge in [0.25, 0.3) is 0 Å². The third-order valence-corrected chi connectivity index (χ3v) is 4.77. The molecular formula is C19H25N3O3. The Bertz CT molecular complexity index is 649. The number of methoxy groups -OCH3 is 1. The number of urea groups is 1. The third kappa shape index (κ3) is 4.20. The molecule has 0 radical (unpaired) electrons. The van der Waals surface area contributed by atoms with E-state index in [1.54, 1.807) is 0 Å². The molecule has 0 bridgehead atoms. The molecule has 3 rings (SSSR count). The van der Waals surface area contributed by atoms with E-state index < -0.39 is 12.0 Å². The summed E-state index contributed by atoms with van der Waals surface area (Å²) >= 11 is 0. The van der Waals surface area contributed by atoms with Crippen LogP contribution in [-0.4, -0.2) is 43.6 Å². The maximum Gasteiger partial charge on any atom is 0.338 e. The van der Waals surface area contributed by atoms with Crippen LogP contribution in [0.25, 0.3) is 0 Å². The topological polar surface area (TPSA) is 70.7 Å². The van der Waals surface area contributed by atoms with Gasteiger partial charge in [-0.25, -0.2) is 9.59 Å². The molecular weight excluding hydrogens is 318 g/mol. The molecule has 25 heavy (non-hydrogen) atoms. The zero-order valence-electron chi connectivity index (χ0n) is 14.6. The highest BCUT2D eigenvalue weighted by molar-refractivity contribution is 5.95. The Morgan fingerprint density at radius 2 is 1.84 bits per heavy atom. The Morgan fingerprint density at radius 1 is 1.16 bits per heavy atom. The molecule has 0 saturated carbocycles. The number of ether oxygens (including phenoxy) is 1. The van der Waals surface area contributed by atoms with Crippen LogP contribution >= 0.6 is 0 Å². The zero-order valence-corrected chi connectivity index (χ0v) is 14.6. The van der Waals surface area contributed by atoms with Crippen LogP contribution in [0, 0.1) is 0 Å². The second kappa shape index (κ2) is 8.16. The number of carbonyl (C=O) groups is 2. The van der Waals surface area contributed by atoms with Gasteiger partial charge >= 0.3 is 12.0 Å². The van der Waals surface area contributed by atoms with Gasteiger partial charge in [0.05, 0.1) is 18.7 Å². The van der Waals surface area contributed by atoms with Crippen LogP contribution < -0.4 is 10.6 Å². The van der Waals surface area contributed by atoms with Crippen molar-refractivity contribution in [3.05, 3.63) is 47.2 Å². The highest BCUT2D eigenvalue weighted by atomic mass is 16.5. The minimum absolute atomic E-state index is 0.286. The molecule has 0 aromatic heterocycles. The lowest BCUT2D eigenvalue weighted by atomic mass is 9.95. The Balaban J connectivity index is 1.94. The Labute approximate surface area is 148 Å². The predicted octanol–water partition coefficient (Wildman–Crippen LogP) is 2.34. The highest BCUT2D eigenvalue weighted by Crippen LogP contribution is 2.28. The molecule has 0 aliphatic carbocycles. The summed E-state index contributed by atoms with van der Waals surface area (Å²) in [6.07, 6.45) is 4.77. The summed E-state index contributed by atoms with van der Waals surface area (Å²) in [5.74, 6) is -0.411. The van der Waals surface area contributed by atoms with Gasteiger partial charge in [-0.2, -0.15) is 0 Å². The highest BCUT2D eigenvalue weighted by Gasteiger charge is 2.33. The van der Waals surface area contributed by atoms with Crippen molar-refractivity contribution in [2.24, 2.45) is 0 Å². The number of hydrogen-bond donors (Lipinski definition) is 2. The Morgan fingerprint density at radius 3 is 2.48 bits per heavy atom. The quantitative estimate of drug-likeness (QED) is 0.823. The molecule has 134 valence electrons. The lowest BCUT2D eigenvalue weighted by Crippen LogP contribution is -2.48. The number of benzene rings is 1. The van der Waals surface area contributed by atoms with E-state index in [1.807, 2.05) is 30.3 Å². The molecule has 2 aliphatic heterocycles. The average Bonchev–Trinajstić information content (AvgIpc) is 2.90. The second-order valence-electron chi connectivity index (χ2n) is 6.52. The minimum Gasteiger partial charge on any atom is -0.466 e. The van der Waals surface area contributed by atoms with Gasteiger partial charge in [-0.05, 0) is 31.5 Å². The molecule has 1 atom stereocenters. The first-order valence-corrected chi connectivity index (χ1v) is 8.85. The monoisotopic (exact) mass is 343 g/mol. The standard InChI is InChI=1S/C19H25N3O3/c1-25-18(23)16-15(13-22-11-7-2-3-8-12-22)20-19(24)21-17(16)14-9-5-4-6-10-14/h4-6,9-10,17H,2-3,7-8,11-13H2,1H3,(H2,20,21,24). The summed E-state index contributed by atoms with van der Waals surface area (Å²) in [4.78, 5) is 27.0. The normalized spacial score (nSPS) is 22.0. The summed E-state index contributed by atoms with van der Waals surface area (Å²) in [5.41, 5.74) is 2.00. The fourth-order valence-electron chi connectivity index (χ4n) is 3.51. The number of likely N-dealkylation sites (tertiary alicyclic amines) is 1. The number of hydrogen-bond acceptors (Lipinski definition) is 4. The molecule has 1 unspecified atom stereocenters. The maximum atomic E-state index is 12.5. The van der Waals surface area contributed by atoms with E-state index in [9.17, 15) is 9.59 Å². The maximum absolute atomic E-state index is 12.5. The average molecular weight is 343 g/mol. The molecule has 6 nitrogen and oxygen atoms in total. The van der Waals surface area contributed by atoms with Crippen molar-refractivity contribution >= 4 is 12.0 Å². The summed E-state index contributed by atoms with van der Waals surface area (Å²) in [7, 11) is 1.37. The van der Waals surface area contributed by atoms with Crippen LogP contribution in [0.5, 0.6) is 0 Å². The zero-order chi connectivity index (χ0) is 17.6. The number of carbonyl (C=O) groups excluding carboxylic acids is 2. The van der Waals surface area contributed by atoms with Crippen molar-refractivity contribution in [2.45, 2.75) is 31.7 Å². The van der Waals surface area contributed by atoms with Crippen LogP contribution in [0.3, 0.4) is 0 Å². The van der Waals surface area contributed by atoms with Gasteiger partial charge in [-0.15, -0.1) is 0 Å². The SMILES string of the molecule is COC(=O)C1=C(CN2CCCCCC2)NC(=O)NC1c1ccccc1. The summed E-state index contributed by atoms with van der Waals surface area (Å²) in [5, 5.41) is 5.69. The summed E-state index contributed by atoms with van der Waals surface area (Å²) in [6, 6.07) is 8.73. The van der Waals surface area contributed by atoms with E-state index in [2.05, 4.69) is 15.5 Å². The van der Waals surface area contributed by atoms with Crippen molar-refractivity contribution in [1.82, 2.24) is 15.5 Å². The molecule has 1 saturated heterocycles. The Kier molecular flexibility index (Phi) is 5.71. The van der Waals surface area contributed by atoms with Gasteiger partial charge in [-0.3, -0.25) is 4.90 Å². The number of rotatable bonds is 4. The van der Waals surface area contributed by atoms with E-state index in [0.29, 0.717) is 17.8 Å². The molecule has 1 fully saturated rings. The largest absolute Gasteiger partial charge is 0.466 e. The smallest absolute Gasteiger partial charge is 0.338 e. The van der Waals surface area contributed by atoms with Gasteiger partial charge in [0.2, 0.25) is 0 Å². The third-order valence-electron chi connectivity index (χ3n) is 4.77. The first-order valence-electron chi connectivity index (χ1n) is 8.85. The van der Waals surface area contributed by atoms with Crippen LogP contribution in [-0.2, 0) is 9.53 Å². The Hall–Kier alpha value is -2.34. The van der Waals surface area contributed by atoms with E-state index in [-0.39, 0.29) is 6.03 Å². The lowest BCUT2D eigenvalue weighted by Gasteiger charge is -2.31. The number of nitrogens with one attached hydrogen (secondary N) is 2. The second-order valence-corrected chi connectivity index (χ2v) is 6.52. The van der Waals surface area contributed by atoms with E-state index in [4.69, 9.17) is 4.74 Å². The van der Waals surface area contributed by atoms with Crippen LogP contribution in [0.4, 0.5) is 4.79 Å². The predicted molar refractivity (Wildman–Crippen MR) is 94.8 cm³/mol. The van der Waals surface area contributed by atoms with Gasteiger partial charge in [0.1, 0.15) is 0 Å². The lowest BCUT2D eigenvalue weighted by molar-refractivity contribution is -0.136. The van der Waals surface area contributed by atoms with Crippen molar-refractivity contribution in [2.75, 3.05) is 26.7 Å². The molecule has 1 aromatic carbocycles. The first-order chi connectivity index (χ1) is 12.2. The van der Waals surface area contributed by atoms with E-state index in [0.717, 1.165) is 31.5 Å². The van der Waals surface area contributed by atoms with Crippen molar-refractivity contribution < 1.29 is 14.3 Å². The van der Waals surface area contributed by atoms with Crippen molar-refractivity contribution in [3.63, 3.8) is 0 Å². The van der Waals surface area contributed by atoms with Crippen LogP contribution in [0.15, 0.2) is 41.6 Å². The molecule has 0 spiro atoms. The van der Waals surface area contributed by atoms with Crippen molar-refractivity contribution in [3.8, 4) is 0 Å². The molecule has 2 amide bonds. The van der Waals surface area contributed by atoms with E-state index in [1.165, 1.54) is 20.0 Å². The molecule has 2 heterocycles. The van der Waals surface area contributed by atoms with Gasteiger partial charge < -0.3 is 15.4 Å². The first kappa shape index (κ1) is 17.5. The number of esters is 1.